The van der Waals surface area contributed by atoms with E-state index in [1.807, 2.05) is 6.20 Å². The van der Waals surface area contributed by atoms with E-state index in [0.717, 1.165) is 19.5 Å². The summed E-state index contributed by atoms with van der Waals surface area (Å²) in [4.78, 5) is 2.27. The Bertz CT molecular complexity index is 354. The first-order valence-electron chi connectivity index (χ1n) is 6.87. The molecule has 1 rings (SSSR count). The predicted octanol–water partition coefficient (Wildman–Crippen LogP) is 2.28. The summed E-state index contributed by atoms with van der Waals surface area (Å²) in [5, 5.41) is 8.06. The van der Waals surface area contributed by atoms with Crippen molar-refractivity contribution in [1.82, 2.24) is 20.0 Å². The minimum atomic E-state index is 0.0438. The van der Waals surface area contributed by atoms with Crippen LogP contribution in [0.1, 0.15) is 45.9 Å². The quantitative estimate of drug-likeness (QED) is 0.808. The fourth-order valence-corrected chi connectivity index (χ4v) is 2.12. The number of nitrogens with zero attached hydrogens (tertiary/aromatic N) is 3. The molecule has 0 aliphatic rings. The first-order valence-corrected chi connectivity index (χ1v) is 6.87. The summed E-state index contributed by atoms with van der Waals surface area (Å²) in [5.74, 6) is 0. The number of hydrogen-bond acceptors (Lipinski definition) is 3. The highest BCUT2D eigenvalue weighted by molar-refractivity contribution is 5.13. The molecule has 0 aromatic carbocycles. The summed E-state index contributed by atoms with van der Waals surface area (Å²) in [5.41, 5.74) is 1.31. The number of likely N-dealkylation sites (N-methyl/N-ethyl adjacent to an activating group) is 1. The molecular weight excluding hydrogens is 224 g/mol. The molecule has 1 unspecified atom stereocenters. The Hall–Kier alpha value is -0.870. The van der Waals surface area contributed by atoms with Crippen molar-refractivity contribution in [3.05, 3.63) is 18.0 Å². The monoisotopic (exact) mass is 252 g/mol. The fourth-order valence-electron chi connectivity index (χ4n) is 2.12. The Morgan fingerprint density at radius 3 is 2.56 bits per heavy atom. The number of nitrogens with one attached hydrogen (secondary N) is 1. The zero-order valence-corrected chi connectivity index (χ0v) is 12.7. The molecule has 1 aromatic rings. The van der Waals surface area contributed by atoms with E-state index in [1.165, 1.54) is 5.69 Å². The van der Waals surface area contributed by atoms with Gasteiger partial charge in [-0.3, -0.25) is 4.68 Å². The van der Waals surface area contributed by atoms with Crippen LogP contribution in [0.4, 0.5) is 0 Å². The molecule has 1 aromatic heterocycles. The van der Waals surface area contributed by atoms with Gasteiger partial charge in [-0.1, -0.05) is 6.92 Å². The van der Waals surface area contributed by atoms with E-state index in [-0.39, 0.29) is 11.6 Å². The maximum atomic E-state index is 4.39. The van der Waals surface area contributed by atoms with E-state index in [4.69, 9.17) is 0 Å². The summed E-state index contributed by atoms with van der Waals surface area (Å²) < 4.78 is 2.08. The van der Waals surface area contributed by atoms with Crippen molar-refractivity contribution < 1.29 is 0 Å². The van der Waals surface area contributed by atoms with E-state index in [0.29, 0.717) is 0 Å². The van der Waals surface area contributed by atoms with Crippen LogP contribution in [-0.4, -0.2) is 40.9 Å². The molecular formula is C14H28N4. The molecule has 0 bridgehead atoms. The Morgan fingerprint density at radius 2 is 2.06 bits per heavy atom. The zero-order chi connectivity index (χ0) is 13.8. The van der Waals surface area contributed by atoms with E-state index >= 15 is 0 Å². The molecule has 0 aliphatic carbocycles. The maximum Gasteiger partial charge on any atom is 0.0673 e. The van der Waals surface area contributed by atoms with Crippen LogP contribution in [0, 0.1) is 0 Å². The first kappa shape index (κ1) is 15.2. The van der Waals surface area contributed by atoms with Gasteiger partial charge in [-0.05, 0) is 53.9 Å². The molecule has 0 spiro atoms. The van der Waals surface area contributed by atoms with Gasteiger partial charge in [-0.25, -0.2) is 0 Å². The van der Waals surface area contributed by atoms with Crippen molar-refractivity contribution in [3.8, 4) is 0 Å². The summed E-state index contributed by atoms with van der Waals surface area (Å²) in [7, 11) is 4.26. The minimum absolute atomic E-state index is 0.0438. The third kappa shape index (κ3) is 3.12. The van der Waals surface area contributed by atoms with Crippen molar-refractivity contribution >= 4 is 0 Å². The van der Waals surface area contributed by atoms with Gasteiger partial charge < -0.3 is 10.2 Å². The third-order valence-electron chi connectivity index (χ3n) is 3.80. The van der Waals surface area contributed by atoms with Crippen molar-refractivity contribution in [2.24, 2.45) is 0 Å². The maximum absolute atomic E-state index is 4.39. The molecule has 0 amide bonds. The van der Waals surface area contributed by atoms with Crippen LogP contribution in [0.15, 0.2) is 12.3 Å². The van der Waals surface area contributed by atoms with Crippen molar-refractivity contribution in [1.29, 1.82) is 0 Å². The second kappa shape index (κ2) is 6.34. The van der Waals surface area contributed by atoms with Crippen LogP contribution in [0.5, 0.6) is 0 Å². The van der Waals surface area contributed by atoms with E-state index in [2.05, 4.69) is 67.9 Å². The van der Waals surface area contributed by atoms with Crippen LogP contribution >= 0.6 is 0 Å². The summed E-state index contributed by atoms with van der Waals surface area (Å²) in [6.07, 6.45) is 3.03. The minimum Gasteiger partial charge on any atom is -0.307 e. The first-order chi connectivity index (χ1) is 8.45. The highest BCUT2D eigenvalue weighted by Gasteiger charge is 2.34. The van der Waals surface area contributed by atoms with Crippen LogP contribution in [-0.2, 0) is 6.54 Å². The van der Waals surface area contributed by atoms with E-state index in [1.54, 1.807) is 0 Å². The van der Waals surface area contributed by atoms with Gasteiger partial charge in [0.2, 0.25) is 0 Å². The van der Waals surface area contributed by atoms with Crippen molar-refractivity contribution in [2.75, 3.05) is 20.6 Å². The van der Waals surface area contributed by atoms with E-state index in [9.17, 15) is 0 Å². The van der Waals surface area contributed by atoms with Crippen LogP contribution in [0.3, 0.4) is 0 Å². The highest BCUT2D eigenvalue weighted by Crippen LogP contribution is 2.29. The topological polar surface area (TPSA) is 33.1 Å². The lowest BCUT2D eigenvalue weighted by molar-refractivity contribution is 0.133. The molecule has 1 N–H and O–H groups in total. The summed E-state index contributed by atoms with van der Waals surface area (Å²) in [6.45, 7) is 10.8. The third-order valence-corrected chi connectivity index (χ3v) is 3.80. The van der Waals surface area contributed by atoms with Crippen molar-refractivity contribution in [3.63, 3.8) is 0 Å². The Kier molecular flexibility index (Phi) is 5.35. The molecule has 4 heteroatoms. The smallest absolute Gasteiger partial charge is 0.0673 e. The van der Waals surface area contributed by atoms with Gasteiger partial charge in [-0.2, -0.15) is 5.10 Å². The molecule has 0 saturated heterocycles. The number of hydrogen-bond donors (Lipinski definition) is 1. The van der Waals surface area contributed by atoms with Crippen LogP contribution in [0.2, 0.25) is 0 Å². The lowest BCUT2D eigenvalue weighted by Gasteiger charge is -2.40. The molecule has 1 heterocycles. The molecule has 0 aliphatic heterocycles. The van der Waals surface area contributed by atoms with Gasteiger partial charge in [0.25, 0.3) is 0 Å². The lowest BCUT2D eigenvalue weighted by Crippen LogP contribution is -2.50. The highest BCUT2D eigenvalue weighted by atomic mass is 15.3. The standard InChI is InChI=1S/C14H28N4/c1-7-10-15-13(14(3,4)17(5)6)12-9-11-16-18(12)8-2/h9,11,13,15H,7-8,10H2,1-6H3. The molecule has 0 saturated carbocycles. The largest absolute Gasteiger partial charge is 0.307 e. The number of rotatable bonds is 7. The summed E-state index contributed by atoms with van der Waals surface area (Å²) in [6, 6.07) is 2.41. The zero-order valence-electron chi connectivity index (χ0n) is 12.7. The molecule has 1 atom stereocenters. The van der Waals surface area contributed by atoms with Crippen LogP contribution < -0.4 is 5.32 Å². The lowest BCUT2D eigenvalue weighted by atomic mass is 9.90. The normalized spacial score (nSPS) is 14.2. The van der Waals surface area contributed by atoms with Crippen molar-refractivity contribution in [2.45, 2.75) is 52.2 Å². The second-order valence-electron chi connectivity index (χ2n) is 5.51. The SMILES string of the molecule is CCCNC(c1ccnn1CC)C(C)(C)N(C)C. The molecule has 0 radical (unpaired) electrons. The molecule has 4 nitrogen and oxygen atoms in total. The van der Waals surface area contributed by atoms with Gasteiger partial charge in [0.1, 0.15) is 0 Å². The second-order valence-corrected chi connectivity index (χ2v) is 5.51. The molecule has 18 heavy (non-hydrogen) atoms. The Balaban J connectivity index is 3.05. The average molecular weight is 252 g/mol. The number of aromatic nitrogens is 2. The predicted molar refractivity (Wildman–Crippen MR) is 76.7 cm³/mol. The number of aryl methyl sites for hydroxylation is 1. The average Bonchev–Trinajstić information content (AvgIpc) is 2.77. The van der Waals surface area contributed by atoms with Gasteiger partial charge in [0, 0.05) is 18.3 Å². The van der Waals surface area contributed by atoms with Gasteiger partial charge >= 0.3 is 0 Å². The van der Waals surface area contributed by atoms with Gasteiger partial charge in [0.15, 0.2) is 0 Å². The Morgan fingerprint density at radius 1 is 1.39 bits per heavy atom. The van der Waals surface area contributed by atoms with Gasteiger partial charge in [-0.15, -0.1) is 0 Å². The van der Waals surface area contributed by atoms with E-state index < -0.39 is 0 Å². The molecule has 104 valence electrons. The van der Waals surface area contributed by atoms with Crippen LogP contribution in [0.25, 0.3) is 0 Å². The summed E-state index contributed by atoms with van der Waals surface area (Å²) >= 11 is 0. The van der Waals surface area contributed by atoms with Gasteiger partial charge in [0.05, 0.1) is 11.7 Å². The fraction of sp³-hybridized carbons (Fsp3) is 0.786. The Labute approximate surface area is 111 Å². The molecule has 0 fully saturated rings.